The maximum absolute atomic E-state index is 13.0. The fourth-order valence-electron chi connectivity index (χ4n) is 3.41. The van der Waals surface area contributed by atoms with Crippen LogP contribution in [-0.4, -0.2) is 34.2 Å². The van der Waals surface area contributed by atoms with Crippen LogP contribution in [0.15, 0.2) is 66.9 Å². The fourth-order valence-corrected chi connectivity index (χ4v) is 3.76. The molecule has 0 bridgehead atoms. The molecule has 8 heteroatoms. The van der Waals surface area contributed by atoms with Crippen LogP contribution in [0.1, 0.15) is 17.4 Å². The normalized spacial score (nSPS) is 10.8. The molecule has 0 aliphatic heterocycles. The highest BCUT2D eigenvalue weighted by atomic mass is 35.5. The Labute approximate surface area is 195 Å². The number of methoxy groups -OCH3 is 1. The van der Waals surface area contributed by atoms with E-state index in [4.69, 9.17) is 37.7 Å². The van der Waals surface area contributed by atoms with E-state index in [0.717, 1.165) is 5.56 Å². The number of pyridine rings is 1. The summed E-state index contributed by atoms with van der Waals surface area (Å²) < 4.78 is 12.6. The third kappa shape index (κ3) is 4.20. The molecule has 0 aliphatic rings. The van der Waals surface area contributed by atoms with Gasteiger partial charge in [0.05, 0.1) is 24.4 Å². The van der Waals surface area contributed by atoms with Gasteiger partial charge in [-0.25, -0.2) is 14.8 Å². The van der Waals surface area contributed by atoms with E-state index < -0.39 is 5.97 Å². The smallest absolute Gasteiger partial charge is 0.359 e. The van der Waals surface area contributed by atoms with Crippen LogP contribution in [0, 0.1) is 0 Å². The molecule has 6 nitrogen and oxygen atoms in total. The van der Waals surface area contributed by atoms with Gasteiger partial charge in [0.1, 0.15) is 11.5 Å². The molecule has 162 valence electrons. The van der Waals surface area contributed by atoms with Crippen molar-refractivity contribution >= 4 is 29.2 Å². The van der Waals surface area contributed by atoms with Gasteiger partial charge in [-0.15, -0.1) is 0 Å². The molecule has 2 aromatic heterocycles. The Bertz CT molecular complexity index is 1270. The summed E-state index contributed by atoms with van der Waals surface area (Å²) in [6.45, 7) is 1.96. The van der Waals surface area contributed by atoms with E-state index in [1.807, 2.05) is 36.4 Å². The maximum atomic E-state index is 13.0. The predicted molar refractivity (Wildman–Crippen MR) is 125 cm³/mol. The van der Waals surface area contributed by atoms with Gasteiger partial charge < -0.3 is 9.47 Å². The Hall–Kier alpha value is -3.35. The SMILES string of the molecule is CCOC(=O)c1nc(-c2ccccc2)n(-c2cc(Cl)cnc2OC)c1-c1cccc(Cl)c1. The molecule has 2 heterocycles. The average Bonchev–Trinajstić information content (AvgIpc) is 3.20. The minimum Gasteiger partial charge on any atom is -0.479 e. The fraction of sp³-hybridized carbons (Fsp3) is 0.125. The second-order valence-corrected chi connectivity index (χ2v) is 7.62. The van der Waals surface area contributed by atoms with E-state index in [-0.39, 0.29) is 12.3 Å². The first-order chi connectivity index (χ1) is 15.5. The van der Waals surface area contributed by atoms with Crippen LogP contribution in [0.2, 0.25) is 10.0 Å². The number of nitrogens with zero attached hydrogens (tertiary/aromatic N) is 3. The Morgan fingerprint density at radius 1 is 1.00 bits per heavy atom. The number of aromatic nitrogens is 3. The number of carbonyl (C=O) groups is 1. The van der Waals surface area contributed by atoms with Gasteiger partial charge in [0.25, 0.3) is 0 Å². The molecule has 32 heavy (non-hydrogen) atoms. The first kappa shape index (κ1) is 21.9. The summed E-state index contributed by atoms with van der Waals surface area (Å²) in [6, 6.07) is 18.4. The zero-order valence-electron chi connectivity index (χ0n) is 17.4. The highest BCUT2D eigenvalue weighted by Crippen LogP contribution is 2.37. The monoisotopic (exact) mass is 467 g/mol. The molecule has 0 amide bonds. The van der Waals surface area contributed by atoms with E-state index >= 15 is 0 Å². The minimum absolute atomic E-state index is 0.148. The van der Waals surface area contributed by atoms with Gasteiger partial charge in [-0.2, -0.15) is 0 Å². The van der Waals surface area contributed by atoms with E-state index in [9.17, 15) is 4.79 Å². The quantitative estimate of drug-likeness (QED) is 0.320. The predicted octanol–water partition coefficient (Wildman–Crippen LogP) is 6.09. The number of rotatable bonds is 6. The summed E-state index contributed by atoms with van der Waals surface area (Å²) in [7, 11) is 1.52. The van der Waals surface area contributed by atoms with Gasteiger partial charge >= 0.3 is 5.97 Å². The van der Waals surface area contributed by atoms with Crippen LogP contribution < -0.4 is 4.74 Å². The van der Waals surface area contributed by atoms with E-state index in [0.29, 0.717) is 38.7 Å². The molecular formula is C24H19Cl2N3O3. The van der Waals surface area contributed by atoms with Crippen LogP contribution in [-0.2, 0) is 4.74 Å². The number of imidazole rings is 1. The van der Waals surface area contributed by atoms with Crippen molar-refractivity contribution in [2.24, 2.45) is 0 Å². The molecular weight excluding hydrogens is 449 g/mol. The second-order valence-electron chi connectivity index (χ2n) is 6.75. The van der Waals surface area contributed by atoms with E-state index in [2.05, 4.69) is 4.98 Å². The van der Waals surface area contributed by atoms with Gasteiger partial charge in [0.15, 0.2) is 5.69 Å². The van der Waals surface area contributed by atoms with E-state index in [1.165, 1.54) is 13.3 Å². The summed E-state index contributed by atoms with van der Waals surface area (Å²) >= 11 is 12.6. The molecule has 2 aromatic carbocycles. The lowest BCUT2D eigenvalue weighted by Gasteiger charge is -2.16. The van der Waals surface area contributed by atoms with Crippen molar-refractivity contribution in [1.82, 2.24) is 14.5 Å². The van der Waals surface area contributed by atoms with Crippen LogP contribution in [0.3, 0.4) is 0 Å². The van der Waals surface area contributed by atoms with Crippen molar-refractivity contribution in [3.8, 4) is 34.2 Å². The summed E-state index contributed by atoms with van der Waals surface area (Å²) in [5.74, 6) is 0.279. The van der Waals surface area contributed by atoms with Gasteiger partial charge in [-0.3, -0.25) is 4.57 Å². The summed E-state index contributed by atoms with van der Waals surface area (Å²) in [5.41, 5.74) is 2.63. The molecule has 0 saturated heterocycles. The van der Waals surface area contributed by atoms with Crippen molar-refractivity contribution in [1.29, 1.82) is 0 Å². The topological polar surface area (TPSA) is 66.2 Å². The lowest BCUT2D eigenvalue weighted by atomic mass is 10.1. The van der Waals surface area contributed by atoms with Crippen LogP contribution in [0.5, 0.6) is 5.88 Å². The van der Waals surface area contributed by atoms with Crippen molar-refractivity contribution in [2.75, 3.05) is 13.7 Å². The molecule has 0 atom stereocenters. The highest BCUT2D eigenvalue weighted by Gasteiger charge is 2.28. The summed E-state index contributed by atoms with van der Waals surface area (Å²) in [5, 5.41) is 0.922. The average molecular weight is 468 g/mol. The molecule has 0 spiro atoms. The van der Waals surface area contributed by atoms with Gasteiger partial charge in [0.2, 0.25) is 5.88 Å². The first-order valence-corrected chi connectivity index (χ1v) is 10.6. The summed E-state index contributed by atoms with van der Waals surface area (Å²) in [4.78, 5) is 22.0. The number of carbonyl (C=O) groups excluding carboxylic acids is 1. The lowest BCUT2D eigenvalue weighted by molar-refractivity contribution is 0.0521. The maximum Gasteiger partial charge on any atom is 0.359 e. The molecule has 4 rings (SSSR count). The standard InChI is InChI=1S/C24H19Cl2N3O3/c1-3-32-24(30)20-21(16-10-7-11-17(25)12-16)29(19-13-18(26)14-27-23(19)31-2)22(28-20)15-8-5-4-6-9-15/h4-14H,3H2,1-2H3. The molecule has 0 fully saturated rings. The zero-order valence-corrected chi connectivity index (χ0v) is 18.9. The van der Waals surface area contributed by atoms with Crippen LogP contribution >= 0.6 is 23.2 Å². The highest BCUT2D eigenvalue weighted by molar-refractivity contribution is 6.31. The van der Waals surface area contributed by atoms with Gasteiger partial charge in [0, 0.05) is 22.3 Å². The number of hydrogen-bond donors (Lipinski definition) is 0. The molecule has 0 saturated carbocycles. The van der Waals surface area contributed by atoms with Gasteiger partial charge in [-0.05, 0) is 25.1 Å². The van der Waals surface area contributed by atoms with Crippen molar-refractivity contribution in [3.05, 3.63) is 82.6 Å². The van der Waals surface area contributed by atoms with Gasteiger partial charge in [-0.1, -0.05) is 65.7 Å². The van der Waals surface area contributed by atoms with Crippen LogP contribution in [0.25, 0.3) is 28.3 Å². The van der Waals surface area contributed by atoms with Crippen molar-refractivity contribution in [3.63, 3.8) is 0 Å². The zero-order chi connectivity index (χ0) is 22.7. The van der Waals surface area contributed by atoms with Crippen molar-refractivity contribution < 1.29 is 14.3 Å². The largest absolute Gasteiger partial charge is 0.479 e. The Balaban J connectivity index is 2.14. The number of benzene rings is 2. The van der Waals surface area contributed by atoms with Crippen LogP contribution in [0.4, 0.5) is 0 Å². The Morgan fingerprint density at radius 2 is 1.75 bits per heavy atom. The minimum atomic E-state index is -0.549. The number of ether oxygens (including phenoxy) is 2. The van der Waals surface area contributed by atoms with Crippen molar-refractivity contribution in [2.45, 2.75) is 6.92 Å². The molecule has 4 aromatic rings. The molecule has 0 radical (unpaired) electrons. The lowest BCUT2D eigenvalue weighted by Crippen LogP contribution is -2.08. The number of hydrogen-bond acceptors (Lipinski definition) is 5. The Morgan fingerprint density at radius 3 is 2.44 bits per heavy atom. The number of halogens is 2. The number of esters is 1. The molecule has 0 N–H and O–H groups in total. The van der Waals surface area contributed by atoms with E-state index in [1.54, 1.807) is 35.8 Å². The third-order valence-corrected chi connectivity index (χ3v) is 5.15. The third-order valence-electron chi connectivity index (χ3n) is 4.71. The molecule has 0 aliphatic carbocycles. The second kappa shape index (κ2) is 9.42. The first-order valence-electron chi connectivity index (χ1n) is 9.84. The summed E-state index contributed by atoms with van der Waals surface area (Å²) in [6.07, 6.45) is 1.49. The Kier molecular flexibility index (Phi) is 6.44. The molecule has 0 unspecified atom stereocenters.